The quantitative estimate of drug-likeness (QED) is 0.556. The second-order valence-electron chi connectivity index (χ2n) is 7.54. The maximum atomic E-state index is 12.7. The molecule has 1 aliphatic carbocycles. The molecule has 152 valence electrons. The van der Waals surface area contributed by atoms with Crippen molar-refractivity contribution < 1.29 is 22.7 Å². The van der Waals surface area contributed by atoms with Crippen LogP contribution in [0.5, 0.6) is 0 Å². The van der Waals surface area contributed by atoms with Crippen LogP contribution in [-0.4, -0.2) is 38.6 Å². The molecule has 29 heavy (non-hydrogen) atoms. The number of carbonyl (C=O) groups is 2. The highest BCUT2D eigenvalue weighted by atomic mass is 32.2. The normalized spacial score (nSPS) is 18.3. The third kappa shape index (κ3) is 3.92. The molecule has 0 N–H and O–H groups in total. The fourth-order valence-electron chi connectivity index (χ4n) is 3.94. The molecule has 0 spiro atoms. The van der Waals surface area contributed by atoms with Crippen LogP contribution in [0.25, 0.3) is 0 Å². The summed E-state index contributed by atoms with van der Waals surface area (Å²) in [4.78, 5) is 25.1. The van der Waals surface area contributed by atoms with Crippen LogP contribution < -0.4 is 4.31 Å². The highest BCUT2D eigenvalue weighted by Gasteiger charge is 2.28. The first-order valence-electron chi connectivity index (χ1n) is 9.83. The maximum absolute atomic E-state index is 12.7. The second-order valence-corrected chi connectivity index (χ2v) is 9.55. The summed E-state index contributed by atoms with van der Waals surface area (Å²) in [5, 5.41) is 0. The summed E-state index contributed by atoms with van der Waals surface area (Å²) in [5.41, 5.74) is 3.84. The van der Waals surface area contributed by atoms with Gasteiger partial charge in [0.15, 0.2) is 6.10 Å². The summed E-state index contributed by atoms with van der Waals surface area (Å²) in [6.45, 7) is 2.01. The van der Waals surface area contributed by atoms with Crippen LogP contribution in [0.15, 0.2) is 42.5 Å². The lowest BCUT2D eigenvalue weighted by Gasteiger charge is -2.17. The number of sulfonamides is 1. The number of fused-ring (bicyclic) bond motifs is 1. The van der Waals surface area contributed by atoms with Crippen molar-refractivity contribution in [2.24, 2.45) is 0 Å². The van der Waals surface area contributed by atoms with E-state index in [1.165, 1.54) is 27.6 Å². The highest BCUT2D eigenvalue weighted by Crippen LogP contribution is 2.25. The lowest BCUT2D eigenvalue weighted by Crippen LogP contribution is -2.26. The molecule has 0 saturated carbocycles. The van der Waals surface area contributed by atoms with E-state index in [0.717, 1.165) is 19.3 Å². The van der Waals surface area contributed by atoms with Crippen molar-refractivity contribution in [2.45, 2.75) is 38.7 Å². The van der Waals surface area contributed by atoms with Crippen LogP contribution in [0.3, 0.4) is 0 Å². The number of nitrogens with zero attached hydrogens (tertiary/aromatic N) is 1. The zero-order chi connectivity index (χ0) is 20.6. The number of carbonyl (C=O) groups excluding carboxylic acids is 2. The fraction of sp³-hybridized carbons (Fsp3) is 0.364. The van der Waals surface area contributed by atoms with E-state index >= 15 is 0 Å². The van der Waals surface area contributed by atoms with E-state index in [9.17, 15) is 18.0 Å². The van der Waals surface area contributed by atoms with Crippen LogP contribution in [-0.2, 0) is 27.6 Å². The van der Waals surface area contributed by atoms with E-state index in [-0.39, 0.29) is 17.1 Å². The van der Waals surface area contributed by atoms with Crippen LogP contribution in [0.2, 0.25) is 0 Å². The average molecular weight is 413 g/mol. The van der Waals surface area contributed by atoms with Crippen molar-refractivity contribution in [3.8, 4) is 0 Å². The third-order valence-corrected chi connectivity index (χ3v) is 7.40. The minimum Gasteiger partial charge on any atom is -0.451 e. The maximum Gasteiger partial charge on any atom is 0.338 e. The van der Waals surface area contributed by atoms with Crippen molar-refractivity contribution in [1.82, 2.24) is 0 Å². The fourth-order valence-corrected chi connectivity index (χ4v) is 5.50. The molecule has 1 fully saturated rings. The molecule has 0 bridgehead atoms. The lowest BCUT2D eigenvalue weighted by atomic mass is 10.0. The van der Waals surface area contributed by atoms with Gasteiger partial charge in [0.05, 0.1) is 17.0 Å². The van der Waals surface area contributed by atoms with Gasteiger partial charge in [-0.3, -0.25) is 9.10 Å². The van der Waals surface area contributed by atoms with Gasteiger partial charge in [0, 0.05) is 12.1 Å². The van der Waals surface area contributed by atoms with Crippen molar-refractivity contribution >= 4 is 27.5 Å². The Balaban J connectivity index is 1.43. The number of benzene rings is 2. The minimum atomic E-state index is -3.27. The molecule has 2 aromatic carbocycles. The molecule has 4 rings (SSSR count). The molecular weight excluding hydrogens is 390 g/mol. The Morgan fingerprint density at radius 1 is 0.966 bits per heavy atom. The van der Waals surface area contributed by atoms with E-state index in [1.54, 1.807) is 25.1 Å². The molecule has 0 amide bonds. The largest absolute Gasteiger partial charge is 0.451 e. The summed E-state index contributed by atoms with van der Waals surface area (Å²) in [7, 11) is -3.27. The molecule has 1 atom stereocenters. The number of rotatable bonds is 5. The van der Waals surface area contributed by atoms with Crippen molar-refractivity contribution in [3.63, 3.8) is 0 Å². The number of esters is 1. The van der Waals surface area contributed by atoms with E-state index < -0.39 is 22.1 Å². The highest BCUT2D eigenvalue weighted by molar-refractivity contribution is 7.93. The third-order valence-electron chi connectivity index (χ3n) is 5.53. The second kappa shape index (κ2) is 7.63. The Morgan fingerprint density at radius 2 is 1.66 bits per heavy atom. The van der Waals surface area contributed by atoms with Crippen molar-refractivity contribution in [2.75, 3.05) is 16.6 Å². The smallest absolute Gasteiger partial charge is 0.338 e. The zero-order valence-electron chi connectivity index (χ0n) is 16.3. The van der Waals surface area contributed by atoms with Gasteiger partial charge in [-0.15, -0.1) is 0 Å². The predicted molar refractivity (Wildman–Crippen MR) is 110 cm³/mol. The number of hydrogen-bond donors (Lipinski definition) is 0. The van der Waals surface area contributed by atoms with E-state index in [4.69, 9.17) is 4.74 Å². The Kier molecular flexibility index (Phi) is 5.17. The molecule has 0 radical (unpaired) electrons. The zero-order valence-corrected chi connectivity index (χ0v) is 17.1. The molecule has 0 aromatic heterocycles. The number of hydrogen-bond acceptors (Lipinski definition) is 5. The SMILES string of the molecule is CC(OC(=O)c1ccc(N2CCCS2(=O)=O)cc1)C(=O)c1ccc2c(c1)CCC2. The Morgan fingerprint density at radius 3 is 2.34 bits per heavy atom. The number of ether oxygens (including phenoxy) is 1. The van der Waals surface area contributed by atoms with Crippen LogP contribution in [0.1, 0.15) is 51.6 Å². The first-order valence-corrected chi connectivity index (χ1v) is 11.4. The monoisotopic (exact) mass is 413 g/mol. The summed E-state index contributed by atoms with van der Waals surface area (Å²) in [6.07, 6.45) is 2.81. The van der Waals surface area contributed by atoms with Gasteiger partial charge in [-0.25, -0.2) is 13.2 Å². The molecule has 1 heterocycles. The minimum absolute atomic E-state index is 0.138. The van der Waals surface area contributed by atoms with Gasteiger partial charge in [0.25, 0.3) is 0 Å². The molecular formula is C22H23NO5S. The molecule has 1 aliphatic heterocycles. The van der Waals surface area contributed by atoms with Gasteiger partial charge in [-0.05, 0) is 74.1 Å². The summed E-state index contributed by atoms with van der Waals surface area (Å²) in [5.74, 6) is -0.699. The van der Waals surface area contributed by atoms with Crippen molar-refractivity contribution in [1.29, 1.82) is 0 Å². The standard InChI is InChI=1S/C22H23NO5S/c1-15(21(24)19-7-6-16-4-2-5-18(16)14-19)28-22(25)17-8-10-20(11-9-17)23-12-3-13-29(23,26)27/h6-11,14-15H,2-5,12-13H2,1H3. The number of aryl methyl sites for hydroxylation is 2. The number of Topliss-reactive ketones (excluding diaryl/α,β-unsaturated/α-hetero) is 1. The van der Waals surface area contributed by atoms with Gasteiger partial charge < -0.3 is 4.74 Å². The van der Waals surface area contributed by atoms with Gasteiger partial charge in [-0.1, -0.05) is 12.1 Å². The Bertz CT molecular complexity index is 1060. The molecule has 7 heteroatoms. The first kappa shape index (κ1) is 19.6. The molecule has 2 aliphatic rings. The summed E-state index contributed by atoms with van der Waals surface area (Å²) in [6, 6.07) is 11.9. The topological polar surface area (TPSA) is 80.8 Å². The van der Waals surface area contributed by atoms with E-state index in [0.29, 0.717) is 24.2 Å². The Labute approximate surface area is 170 Å². The number of anilines is 1. The van der Waals surface area contributed by atoms with Gasteiger partial charge in [0.2, 0.25) is 15.8 Å². The van der Waals surface area contributed by atoms with Crippen molar-refractivity contribution in [3.05, 3.63) is 64.7 Å². The number of ketones is 1. The van der Waals surface area contributed by atoms with E-state index in [1.807, 2.05) is 12.1 Å². The summed E-state index contributed by atoms with van der Waals surface area (Å²) < 4.78 is 30.7. The first-order chi connectivity index (χ1) is 13.8. The molecule has 1 saturated heterocycles. The predicted octanol–water partition coefficient (Wildman–Crippen LogP) is 3.14. The average Bonchev–Trinajstić information content (AvgIpc) is 3.32. The lowest BCUT2D eigenvalue weighted by molar-refractivity contribution is 0.0319. The Hall–Kier alpha value is -2.67. The van der Waals surface area contributed by atoms with Crippen LogP contribution in [0, 0.1) is 0 Å². The molecule has 6 nitrogen and oxygen atoms in total. The van der Waals surface area contributed by atoms with Gasteiger partial charge in [-0.2, -0.15) is 0 Å². The van der Waals surface area contributed by atoms with Crippen LogP contribution in [0.4, 0.5) is 5.69 Å². The molecule has 1 unspecified atom stereocenters. The van der Waals surface area contributed by atoms with Crippen LogP contribution >= 0.6 is 0 Å². The van der Waals surface area contributed by atoms with Gasteiger partial charge >= 0.3 is 5.97 Å². The summed E-state index contributed by atoms with van der Waals surface area (Å²) >= 11 is 0. The molecule has 2 aromatic rings. The van der Waals surface area contributed by atoms with Gasteiger partial charge in [0.1, 0.15) is 0 Å². The van der Waals surface area contributed by atoms with E-state index in [2.05, 4.69) is 0 Å².